The van der Waals surface area contributed by atoms with E-state index in [1.165, 1.54) is 32.6 Å². The number of aromatic nitrogens is 3. The van der Waals surface area contributed by atoms with E-state index in [9.17, 15) is 0 Å². The Labute approximate surface area is 316 Å². The SMILES string of the molecule is [C-]#[N+]c1ccc(-n2c3ccccc3c3cc([N+]#[C-])ccc32)c(-c2ccc(-n3c4ccccc4c4ccc(-n5c6ccccc6c6ccccc65)cc43)cc2)c1. The highest BCUT2D eigenvalue weighted by Gasteiger charge is 2.19. The molecule has 0 radical (unpaired) electrons. The zero-order valence-corrected chi connectivity index (χ0v) is 29.5. The van der Waals surface area contributed by atoms with Crippen molar-refractivity contribution in [1.82, 2.24) is 13.7 Å². The van der Waals surface area contributed by atoms with Gasteiger partial charge in [-0.25, -0.2) is 9.69 Å². The van der Waals surface area contributed by atoms with Gasteiger partial charge in [-0.2, -0.15) is 0 Å². The zero-order valence-electron chi connectivity index (χ0n) is 29.5. The summed E-state index contributed by atoms with van der Waals surface area (Å²) in [6.45, 7) is 15.5. The molecule has 5 heteroatoms. The van der Waals surface area contributed by atoms with Crippen molar-refractivity contribution in [2.45, 2.75) is 0 Å². The smallest absolute Gasteiger partial charge is 0.188 e. The molecule has 0 aliphatic heterocycles. The summed E-state index contributed by atoms with van der Waals surface area (Å²) in [6.07, 6.45) is 0. The van der Waals surface area contributed by atoms with E-state index in [2.05, 4.69) is 157 Å². The molecule has 3 aromatic heterocycles. The Bertz CT molecular complexity index is 3400. The normalized spacial score (nSPS) is 11.6. The maximum atomic E-state index is 7.88. The number of benzene rings is 8. The van der Waals surface area contributed by atoms with Gasteiger partial charge in [0.15, 0.2) is 11.4 Å². The second-order valence-electron chi connectivity index (χ2n) is 13.9. The fourth-order valence-electron chi connectivity index (χ4n) is 8.68. The van der Waals surface area contributed by atoms with E-state index in [-0.39, 0.29) is 0 Å². The second kappa shape index (κ2) is 11.8. The minimum absolute atomic E-state index is 0.582. The molecule has 5 nitrogen and oxygen atoms in total. The van der Waals surface area contributed by atoms with Gasteiger partial charge in [0.05, 0.1) is 51.9 Å². The fourth-order valence-corrected chi connectivity index (χ4v) is 8.68. The maximum absolute atomic E-state index is 7.88. The van der Waals surface area contributed by atoms with E-state index in [1.807, 2.05) is 42.5 Å². The predicted octanol–water partition coefficient (Wildman–Crippen LogP) is 13.7. The summed E-state index contributed by atoms with van der Waals surface area (Å²) in [5.41, 5.74) is 13.0. The molecule has 8 aromatic carbocycles. The summed E-state index contributed by atoms with van der Waals surface area (Å²) < 4.78 is 7.00. The van der Waals surface area contributed by atoms with Crippen LogP contribution in [0.15, 0.2) is 176 Å². The maximum Gasteiger partial charge on any atom is 0.188 e. The van der Waals surface area contributed by atoms with Crippen molar-refractivity contribution in [3.8, 4) is 28.2 Å². The first-order valence-electron chi connectivity index (χ1n) is 18.3. The van der Waals surface area contributed by atoms with E-state index in [4.69, 9.17) is 13.1 Å². The number of hydrogen-bond acceptors (Lipinski definition) is 0. The highest BCUT2D eigenvalue weighted by molar-refractivity contribution is 6.13. The molecule has 3 heterocycles. The van der Waals surface area contributed by atoms with Gasteiger partial charge in [-0.1, -0.05) is 103 Å². The third-order valence-electron chi connectivity index (χ3n) is 11.1. The first-order chi connectivity index (χ1) is 27.2. The molecule has 0 saturated carbocycles. The Morgan fingerprint density at radius 2 is 0.782 bits per heavy atom. The van der Waals surface area contributed by atoms with Crippen LogP contribution in [0.25, 0.3) is 103 Å². The van der Waals surface area contributed by atoms with Crippen molar-refractivity contribution in [1.29, 1.82) is 0 Å². The minimum atomic E-state index is 0.582. The van der Waals surface area contributed by atoms with Crippen LogP contribution in [0.4, 0.5) is 11.4 Å². The standard InChI is InChI=1S/C50H29N5/c1-51-33-21-27-48(55-47-18-10-6-14-40(47)43-30-34(52-2)22-28-49(43)55)42(29-33)32-19-23-35(24-20-32)53-44-15-7-5-13-39(44)41-26-25-36(31-50(41)53)54-45-16-8-3-11-37(45)38-12-4-9-17-46(38)54/h3-31H. The number of para-hydroxylation sites is 4. The van der Waals surface area contributed by atoms with Crippen LogP contribution in [0.5, 0.6) is 0 Å². The van der Waals surface area contributed by atoms with Crippen LogP contribution < -0.4 is 0 Å². The molecule has 0 saturated heterocycles. The molecule has 0 aliphatic rings. The molecule has 55 heavy (non-hydrogen) atoms. The molecule has 0 spiro atoms. The molecular weight excluding hydrogens is 671 g/mol. The molecule has 11 rings (SSSR count). The first-order valence-corrected chi connectivity index (χ1v) is 18.3. The molecule has 0 N–H and O–H groups in total. The second-order valence-corrected chi connectivity index (χ2v) is 13.9. The molecular formula is C50H29N5. The third kappa shape index (κ3) is 4.51. The van der Waals surface area contributed by atoms with Crippen molar-refractivity contribution in [3.63, 3.8) is 0 Å². The Morgan fingerprint density at radius 3 is 1.38 bits per heavy atom. The monoisotopic (exact) mass is 699 g/mol. The molecule has 0 amide bonds. The van der Waals surface area contributed by atoms with Crippen molar-refractivity contribution < 1.29 is 0 Å². The Balaban J connectivity index is 1.10. The molecule has 0 bridgehead atoms. The van der Waals surface area contributed by atoms with Crippen LogP contribution in [-0.4, -0.2) is 13.7 Å². The average molecular weight is 700 g/mol. The van der Waals surface area contributed by atoms with E-state index >= 15 is 0 Å². The van der Waals surface area contributed by atoms with Crippen LogP contribution in [0, 0.1) is 13.1 Å². The van der Waals surface area contributed by atoms with Gasteiger partial charge in [0.1, 0.15) is 0 Å². The number of nitrogens with zero attached hydrogens (tertiary/aromatic N) is 5. The molecule has 254 valence electrons. The lowest BCUT2D eigenvalue weighted by molar-refractivity contribution is 1.15. The summed E-state index contributed by atoms with van der Waals surface area (Å²) in [4.78, 5) is 7.53. The zero-order chi connectivity index (χ0) is 36.6. The summed E-state index contributed by atoms with van der Waals surface area (Å²) >= 11 is 0. The molecule has 0 unspecified atom stereocenters. The average Bonchev–Trinajstić information content (AvgIpc) is 3.88. The van der Waals surface area contributed by atoms with Gasteiger partial charge in [-0.05, 0) is 89.3 Å². The highest BCUT2D eigenvalue weighted by atomic mass is 15.0. The fraction of sp³-hybridized carbons (Fsp3) is 0. The predicted molar refractivity (Wildman–Crippen MR) is 227 cm³/mol. The summed E-state index contributed by atoms with van der Waals surface area (Å²) in [5.74, 6) is 0. The van der Waals surface area contributed by atoms with Crippen LogP contribution in [0.2, 0.25) is 0 Å². The van der Waals surface area contributed by atoms with Crippen molar-refractivity contribution >= 4 is 76.8 Å². The van der Waals surface area contributed by atoms with Gasteiger partial charge in [0.2, 0.25) is 0 Å². The minimum Gasteiger partial charge on any atom is -0.309 e. The van der Waals surface area contributed by atoms with Crippen LogP contribution in [0.3, 0.4) is 0 Å². The van der Waals surface area contributed by atoms with E-state index in [0.717, 1.165) is 61.0 Å². The van der Waals surface area contributed by atoms with Crippen LogP contribution in [0.1, 0.15) is 0 Å². The summed E-state index contributed by atoms with van der Waals surface area (Å²) in [5, 5.41) is 7.01. The van der Waals surface area contributed by atoms with E-state index in [0.29, 0.717) is 11.4 Å². The Hall–Kier alpha value is -7.86. The summed E-state index contributed by atoms with van der Waals surface area (Å²) in [6, 6.07) is 61.6. The number of hydrogen-bond donors (Lipinski definition) is 0. The molecule has 0 aliphatic carbocycles. The lowest BCUT2D eigenvalue weighted by Crippen LogP contribution is -1.98. The van der Waals surface area contributed by atoms with Crippen LogP contribution in [-0.2, 0) is 0 Å². The number of fused-ring (bicyclic) bond motifs is 9. The third-order valence-corrected chi connectivity index (χ3v) is 11.1. The van der Waals surface area contributed by atoms with Gasteiger partial charge in [-0.15, -0.1) is 0 Å². The van der Waals surface area contributed by atoms with Gasteiger partial charge < -0.3 is 13.7 Å². The van der Waals surface area contributed by atoms with Gasteiger partial charge in [0.25, 0.3) is 0 Å². The largest absolute Gasteiger partial charge is 0.309 e. The number of rotatable bonds is 4. The van der Waals surface area contributed by atoms with Gasteiger partial charge in [-0.3, -0.25) is 0 Å². The van der Waals surface area contributed by atoms with Gasteiger partial charge in [0, 0.05) is 38.3 Å². The van der Waals surface area contributed by atoms with Crippen LogP contribution >= 0.6 is 0 Å². The van der Waals surface area contributed by atoms with E-state index in [1.54, 1.807) is 0 Å². The van der Waals surface area contributed by atoms with Crippen molar-refractivity contribution in [2.75, 3.05) is 0 Å². The molecule has 0 atom stereocenters. The van der Waals surface area contributed by atoms with Gasteiger partial charge >= 0.3 is 0 Å². The molecule has 11 aromatic rings. The van der Waals surface area contributed by atoms with Crippen molar-refractivity contribution in [3.05, 3.63) is 199 Å². The Morgan fingerprint density at radius 1 is 0.327 bits per heavy atom. The quantitative estimate of drug-likeness (QED) is 0.163. The highest BCUT2D eigenvalue weighted by Crippen LogP contribution is 2.41. The molecule has 0 fully saturated rings. The summed E-state index contributed by atoms with van der Waals surface area (Å²) in [7, 11) is 0. The topological polar surface area (TPSA) is 23.5 Å². The first kappa shape index (κ1) is 30.7. The van der Waals surface area contributed by atoms with Crippen molar-refractivity contribution in [2.24, 2.45) is 0 Å². The van der Waals surface area contributed by atoms with E-state index < -0.39 is 0 Å². The lowest BCUT2D eigenvalue weighted by Gasteiger charge is -2.16. The lowest BCUT2D eigenvalue weighted by atomic mass is 10.0. The Kier molecular flexibility index (Phi) is 6.61.